The minimum atomic E-state index is -3.87. The molecule has 0 aromatic rings. The van der Waals surface area contributed by atoms with Crippen molar-refractivity contribution in [3.8, 4) is 0 Å². The second-order valence-electron chi connectivity index (χ2n) is 11.3. The average molecular weight is 613 g/mol. The molecular weight excluding hydrogens is 564 g/mol. The quantitative estimate of drug-likeness (QED) is 0.0924. The second kappa shape index (κ2) is 14.6. The van der Waals surface area contributed by atoms with E-state index in [4.69, 9.17) is 36.5 Å². The minimum absolute atomic E-state index is 0.0404. The molecule has 3 rings (SSSR count). The van der Waals surface area contributed by atoms with Gasteiger partial charge in [0.05, 0.1) is 49.8 Å². The molecule has 12 atom stereocenters. The van der Waals surface area contributed by atoms with E-state index in [2.05, 4.69) is 15.4 Å². The van der Waals surface area contributed by atoms with Gasteiger partial charge in [0.2, 0.25) is 10.0 Å². The Balaban J connectivity index is 1.84. The lowest BCUT2D eigenvalue weighted by molar-refractivity contribution is -0.297. The van der Waals surface area contributed by atoms with Crippen LogP contribution in [0.15, 0.2) is 11.8 Å². The summed E-state index contributed by atoms with van der Waals surface area (Å²) < 4.78 is 45.7. The Labute approximate surface area is 240 Å². The fourth-order valence-electron chi connectivity index (χ4n) is 5.80. The molecule has 1 aliphatic carbocycles. The minimum Gasteiger partial charge on any atom is -0.492 e. The zero-order valence-electron chi connectivity index (χ0n) is 23.5. The van der Waals surface area contributed by atoms with Crippen molar-refractivity contribution in [2.75, 3.05) is 45.6 Å². The Bertz CT molecular complexity index is 975. The third-order valence-corrected chi connectivity index (χ3v) is 9.33. The Morgan fingerprint density at radius 1 is 1.24 bits per heavy atom. The smallest absolute Gasteiger partial charge is 0.213 e. The maximum atomic E-state index is 12.7. The van der Waals surface area contributed by atoms with Crippen molar-refractivity contribution in [2.45, 2.75) is 86.3 Å². The van der Waals surface area contributed by atoms with E-state index in [0.717, 1.165) is 0 Å². The summed E-state index contributed by atoms with van der Waals surface area (Å²) in [6, 6.07) is -3.17. The highest BCUT2D eigenvalue weighted by molar-refractivity contribution is 7.89. The molecule has 1 saturated heterocycles. The summed E-state index contributed by atoms with van der Waals surface area (Å²) in [5, 5.41) is 57.6. The monoisotopic (exact) mass is 612 g/mol. The highest BCUT2D eigenvalue weighted by Gasteiger charge is 2.53. The molecule has 0 amide bonds. The number of rotatable bonds is 13. The van der Waals surface area contributed by atoms with Crippen molar-refractivity contribution in [3.05, 3.63) is 11.8 Å². The molecule has 0 bridgehead atoms. The highest BCUT2D eigenvalue weighted by atomic mass is 32.2. The summed E-state index contributed by atoms with van der Waals surface area (Å²) in [6.07, 6.45) is -4.82. The zero-order valence-corrected chi connectivity index (χ0v) is 24.3. The summed E-state index contributed by atoms with van der Waals surface area (Å²) in [5.41, 5.74) is 17.0. The lowest BCUT2D eigenvalue weighted by atomic mass is 9.73. The maximum Gasteiger partial charge on any atom is 0.213 e. The van der Waals surface area contributed by atoms with Gasteiger partial charge in [-0.2, -0.15) is 0 Å². The van der Waals surface area contributed by atoms with Crippen LogP contribution in [0.1, 0.15) is 19.8 Å². The Morgan fingerprint density at radius 3 is 2.59 bits per heavy atom. The molecule has 0 spiro atoms. The van der Waals surface area contributed by atoms with Crippen LogP contribution in [0.25, 0.3) is 0 Å². The standard InChI is InChI=1S/C24H48N6O10S/c1-24(35)11-38-23(19(34)22(24)28-2)40-21-16(30-41(36,37)6-5-25)7-15(27)17(18(21)33)20-14(26)4-3-13(39-20)9-29-8-12(32)10-31/h3,12,14-23,28-35H,4-11,25-27H2,1-2H3/t12?,14-,15+,16-,17?,18+,19-,20+,21+,22-,23-,24+/m1/s1. The van der Waals surface area contributed by atoms with Gasteiger partial charge in [-0.1, -0.05) is 0 Å². The first kappa shape index (κ1) is 34.5. The van der Waals surface area contributed by atoms with E-state index < -0.39 is 89.1 Å². The van der Waals surface area contributed by atoms with E-state index in [9.17, 15) is 28.8 Å². The number of nitrogens with two attached hydrogens (primary N) is 3. The third-order valence-electron chi connectivity index (χ3n) is 7.89. The van der Waals surface area contributed by atoms with Gasteiger partial charge in [0.15, 0.2) is 6.29 Å². The number of hydrogen-bond donors (Lipinski definition) is 11. The Kier molecular flexibility index (Phi) is 12.3. The number of aliphatic hydroxyl groups excluding tert-OH is 4. The predicted octanol–water partition coefficient (Wildman–Crippen LogP) is -5.67. The molecule has 14 N–H and O–H groups in total. The van der Waals surface area contributed by atoms with Gasteiger partial charge in [-0.3, -0.25) is 0 Å². The van der Waals surface area contributed by atoms with Crippen molar-refractivity contribution < 1.29 is 48.2 Å². The normalized spacial score (nSPS) is 41.0. The number of nitrogens with one attached hydrogen (secondary N) is 3. The largest absolute Gasteiger partial charge is 0.492 e. The summed E-state index contributed by atoms with van der Waals surface area (Å²) >= 11 is 0. The van der Waals surface area contributed by atoms with Crippen LogP contribution in [0.4, 0.5) is 0 Å². The molecule has 17 heteroatoms. The molecule has 2 heterocycles. The van der Waals surface area contributed by atoms with E-state index in [1.807, 2.05) is 0 Å². The van der Waals surface area contributed by atoms with E-state index in [0.29, 0.717) is 12.2 Å². The van der Waals surface area contributed by atoms with E-state index in [1.165, 1.54) is 6.92 Å². The molecule has 2 fully saturated rings. The summed E-state index contributed by atoms with van der Waals surface area (Å²) in [6.45, 7) is 1.13. The van der Waals surface area contributed by atoms with Crippen molar-refractivity contribution in [1.29, 1.82) is 0 Å². The average Bonchev–Trinajstić information content (AvgIpc) is 2.88. The van der Waals surface area contributed by atoms with Crippen molar-refractivity contribution in [1.82, 2.24) is 15.4 Å². The van der Waals surface area contributed by atoms with Crippen LogP contribution >= 0.6 is 0 Å². The van der Waals surface area contributed by atoms with Crippen LogP contribution < -0.4 is 32.6 Å². The topological polar surface area (TPSA) is 277 Å². The van der Waals surface area contributed by atoms with Crippen LogP contribution in [0.2, 0.25) is 0 Å². The molecule has 41 heavy (non-hydrogen) atoms. The summed E-state index contributed by atoms with van der Waals surface area (Å²) in [4.78, 5) is 0. The van der Waals surface area contributed by atoms with Crippen molar-refractivity contribution >= 4 is 10.0 Å². The molecule has 16 nitrogen and oxygen atoms in total. The Morgan fingerprint density at radius 2 is 1.95 bits per heavy atom. The number of likely N-dealkylation sites (N-methyl/N-ethyl adjacent to an activating group) is 1. The van der Waals surface area contributed by atoms with Crippen LogP contribution in [0.3, 0.4) is 0 Å². The molecule has 0 aromatic carbocycles. The second-order valence-corrected chi connectivity index (χ2v) is 13.2. The van der Waals surface area contributed by atoms with Gasteiger partial charge in [-0.25, -0.2) is 13.1 Å². The maximum absolute atomic E-state index is 12.7. The van der Waals surface area contributed by atoms with Crippen LogP contribution in [0.5, 0.6) is 0 Å². The third kappa shape index (κ3) is 8.54. The molecule has 2 aliphatic heterocycles. The molecule has 3 aliphatic rings. The van der Waals surface area contributed by atoms with Gasteiger partial charge in [-0.05, 0) is 32.9 Å². The van der Waals surface area contributed by atoms with Gasteiger partial charge in [0.25, 0.3) is 0 Å². The molecule has 1 saturated carbocycles. The lowest BCUT2D eigenvalue weighted by Gasteiger charge is -2.50. The van der Waals surface area contributed by atoms with E-state index >= 15 is 0 Å². The molecule has 0 aromatic heterocycles. The first-order valence-corrected chi connectivity index (χ1v) is 15.5. The number of aliphatic hydroxyl groups is 5. The fourth-order valence-corrected chi connectivity index (χ4v) is 6.92. The summed E-state index contributed by atoms with van der Waals surface area (Å²) in [7, 11) is -2.31. The van der Waals surface area contributed by atoms with E-state index in [1.54, 1.807) is 13.1 Å². The molecule has 2 unspecified atom stereocenters. The van der Waals surface area contributed by atoms with Gasteiger partial charge in [-0.15, -0.1) is 0 Å². The number of ether oxygens (including phenoxy) is 3. The zero-order chi connectivity index (χ0) is 30.5. The van der Waals surface area contributed by atoms with Crippen molar-refractivity contribution in [2.24, 2.45) is 23.1 Å². The highest BCUT2D eigenvalue weighted by Crippen LogP contribution is 2.36. The first-order chi connectivity index (χ1) is 19.2. The Hall–Kier alpha value is -1.03. The SMILES string of the molecule is CN[C@@H]1[C@@H](O)[C@@H](O[C@H]2[C@H](NS(=O)(=O)CCN)C[C@H](N)C([C@H]3OC(CNCC(O)CO)=CC[C@H]3N)[C@@H]2O)OC[C@]1(C)O. The van der Waals surface area contributed by atoms with Gasteiger partial charge in [0, 0.05) is 31.1 Å². The van der Waals surface area contributed by atoms with Crippen LogP contribution in [-0.4, -0.2) is 146 Å². The van der Waals surface area contributed by atoms with Gasteiger partial charge in [0.1, 0.15) is 29.7 Å². The number of sulfonamides is 1. The summed E-state index contributed by atoms with van der Waals surface area (Å²) in [5.74, 6) is -0.656. The van der Waals surface area contributed by atoms with Gasteiger partial charge >= 0.3 is 0 Å². The predicted molar refractivity (Wildman–Crippen MR) is 147 cm³/mol. The first-order valence-electron chi connectivity index (χ1n) is 13.8. The lowest BCUT2D eigenvalue weighted by Crippen LogP contribution is -2.69. The molecular formula is C24H48N6O10S. The number of hydrogen-bond acceptors (Lipinski definition) is 15. The van der Waals surface area contributed by atoms with Crippen molar-refractivity contribution in [3.63, 3.8) is 0 Å². The van der Waals surface area contributed by atoms with E-state index in [-0.39, 0.29) is 38.4 Å². The molecule has 0 radical (unpaired) electrons. The fraction of sp³-hybridized carbons (Fsp3) is 0.917. The van der Waals surface area contributed by atoms with Crippen LogP contribution in [0, 0.1) is 5.92 Å². The molecule has 240 valence electrons. The van der Waals surface area contributed by atoms with Crippen LogP contribution in [-0.2, 0) is 24.2 Å². The van der Waals surface area contributed by atoms with Gasteiger partial charge < -0.3 is 67.6 Å².